The summed E-state index contributed by atoms with van der Waals surface area (Å²) in [4.78, 5) is 18.0. The maximum atomic E-state index is 13.2. The quantitative estimate of drug-likeness (QED) is 0.554. The minimum Gasteiger partial charge on any atom is -0.493 e. The third-order valence-corrected chi connectivity index (χ3v) is 7.54. The highest BCUT2D eigenvalue weighted by molar-refractivity contribution is 7.88. The summed E-state index contributed by atoms with van der Waals surface area (Å²) < 4.78 is 35.7. The van der Waals surface area contributed by atoms with Crippen molar-refractivity contribution in [1.82, 2.24) is 14.6 Å². The Balaban J connectivity index is 1.57. The van der Waals surface area contributed by atoms with E-state index in [1.807, 2.05) is 42.5 Å². The molecule has 0 bridgehead atoms. The summed E-state index contributed by atoms with van der Waals surface area (Å²) >= 11 is 0. The number of para-hydroxylation sites is 1. The van der Waals surface area contributed by atoms with Gasteiger partial charge in [0.05, 0.1) is 37.2 Å². The number of methoxy groups -OCH3 is 2. The van der Waals surface area contributed by atoms with E-state index < -0.39 is 10.0 Å². The minimum absolute atomic E-state index is 0.175. The first-order chi connectivity index (χ1) is 16.3. The second-order valence-electron chi connectivity index (χ2n) is 8.46. The number of nitrogens with one attached hydrogen (secondary N) is 1. The fraction of sp³-hybridized carbons (Fsp3) is 0.360. The van der Waals surface area contributed by atoms with E-state index in [1.54, 1.807) is 20.3 Å². The number of hydrogen-bond acceptors (Lipinski definition) is 6. The lowest BCUT2D eigenvalue weighted by atomic mass is 9.97. The van der Waals surface area contributed by atoms with E-state index in [-0.39, 0.29) is 11.8 Å². The summed E-state index contributed by atoms with van der Waals surface area (Å²) in [6.45, 7) is 1.47. The summed E-state index contributed by atoms with van der Waals surface area (Å²) in [6.07, 6.45) is 2.68. The van der Waals surface area contributed by atoms with E-state index in [0.29, 0.717) is 42.4 Å². The molecule has 0 atom stereocenters. The molecule has 2 heterocycles. The average molecular weight is 484 g/mol. The minimum atomic E-state index is -3.17. The van der Waals surface area contributed by atoms with Gasteiger partial charge in [-0.1, -0.05) is 18.2 Å². The Morgan fingerprint density at radius 2 is 1.76 bits per heavy atom. The number of piperidine rings is 1. The molecule has 0 saturated carbocycles. The molecule has 4 rings (SSSR count). The number of nitrogens with zero attached hydrogens (tertiary/aromatic N) is 2. The molecule has 1 amide bonds. The molecule has 9 heteroatoms. The monoisotopic (exact) mass is 483 g/mol. The normalized spacial score (nSPS) is 15.3. The largest absolute Gasteiger partial charge is 0.493 e. The van der Waals surface area contributed by atoms with Crippen molar-refractivity contribution in [3.63, 3.8) is 0 Å². The molecule has 8 nitrogen and oxygen atoms in total. The second-order valence-corrected chi connectivity index (χ2v) is 10.4. The van der Waals surface area contributed by atoms with E-state index in [9.17, 15) is 13.2 Å². The van der Waals surface area contributed by atoms with Gasteiger partial charge in [0.15, 0.2) is 11.5 Å². The molecule has 2 aromatic carbocycles. The molecule has 1 aliphatic rings. The lowest BCUT2D eigenvalue weighted by Gasteiger charge is -2.30. The van der Waals surface area contributed by atoms with Gasteiger partial charge < -0.3 is 14.8 Å². The van der Waals surface area contributed by atoms with Crippen molar-refractivity contribution < 1.29 is 22.7 Å². The number of ether oxygens (including phenoxy) is 2. The third kappa shape index (κ3) is 5.15. The first-order valence-corrected chi connectivity index (χ1v) is 13.0. The summed E-state index contributed by atoms with van der Waals surface area (Å²) in [5, 5.41) is 3.83. The van der Waals surface area contributed by atoms with Crippen LogP contribution in [0.15, 0.2) is 48.5 Å². The van der Waals surface area contributed by atoms with Gasteiger partial charge in [-0.25, -0.2) is 17.7 Å². The fourth-order valence-corrected chi connectivity index (χ4v) is 5.16. The van der Waals surface area contributed by atoms with Gasteiger partial charge in [0.25, 0.3) is 5.91 Å². The number of aromatic nitrogens is 1. The highest BCUT2D eigenvalue weighted by atomic mass is 32.2. The summed E-state index contributed by atoms with van der Waals surface area (Å²) in [5.74, 6) is 1.26. The Hall–Kier alpha value is -3.17. The van der Waals surface area contributed by atoms with Gasteiger partial charge in [-0.2, -0.15) is 0 Å². The number of benzene rings is 2. The molecule has 1 N–H and O–H groups in total. The number of pyridine rings is 1. The van der Waals surface area contributed by atoms with Gasteiger partial charge in [-0.3, -0.25) is 4.79 Å². The Morgan fingerprint density at radius 1 is 1.06 bits per heavy atom. The van der Waals surface area contributed by atoms with E-state index >= 15 is 0 Å². The van der Waals surface area contributed by atoms with Crippen LogP contribution in [0.5, 0.6) is 11.5 Å². The molecule has 1 fully saturated rings. The molecule has 0 spiro atoms. The zero-order chi connectivity index (χ0) is 24.3. The highest BCUT2D eigenvalue weighted by Crippen LogP contribution is 2.33. The zero-order valence-corrected chi connectivity index (χ0v) is 20.4. The first kappa shape index (κ1) is 24.0. The number of carbonyl (C=O) groups excluding carboxylic acids is 1. The maximum Gasteiger partial charge on any atom is 0.252 e. The van der Waals surface area contributed by atoms with Gasteiger partial charge in [0.1, 0.15) is 0 Å². The lowest BCUT2D eigenvalue weighted by Crippen LogP contribution is -2.41. The number of rotatable bonds is 7. The van der Waals surface area contributed by atoms with Crippen LogP contribution >= 0.6 is 0 Å². The topological polar surface area (TPSA) is 97.8 Å². The lowest BCUT2D eigenvalue weighted by molar-refractivity contribution is 0.0943. The van der Waals surface area contributed by atoms with Crippen molar-refractivity contribution in [3.8, 4) is 22.8 Å². The zero-order valence-electron chi connectivity index (χ0n) is 19.6. The van der Waals surface area contributed by atoms with E-state index in [0.717, 1.165) is 29.3 Å². The van der Waals surface area contributed by atoms with Crippen LogP contribution in [0, 0.1) is 5.92 Å². The predicted molar refractivity (Wildman–Crippen MR) is 132 cm³/mol. The first-order valence-electron chi connectivity index (χ1n) is 11.2. The highest BCUT2D eigenvalue weighted by Gasteiger charge is 2.25. The van der Waals surface area contributed by atoms with Gasteiger partial charge in [-0.05, 0) is 49.1 Å². The van der Waals surface area contributed by atoms with Crippen LogP contribution in [0.1, 0.15) is 23.2 Å². The summed E-state index contributed by atoms with van der Waals surface area (Å²) in [7, 11) is -0.00564. The van der Waals surface area contributed by atoms with Crippen molar-refractivity contribution in [3.05, 3.63) is 54.1 Å². The Labute approximate surface area is 199 Å². The fourth-order valence-electron chi connectivity index (χ4n) is 4.28. The smallest absolute Gasteiger partial charge is 0.252 e. The van der Waals surface area contributed by atoms with Crippen LogP contribution in [0.2, 0.25) is 0 Å². The summed E-state index contributed by atoms with van der Waals surface area (Å²) in [5.41, 5.74) is 2.74. The van der Waals surface area contributed by atoms with Gasteiger partial charge in [0, 0.05) is 30.6 Å². The van der Waals surface area contributed by atoms with Crippen LogP contribution in [0.3, 0.4) is 0 Å². The number of carbonyl (C=O) groups is 1. The average Bonchev–Trinajstić information content (AvgIpc) is 2.85. The number of hydrogen-bond donors (Lipinski definition) is 1. The standard InChI is InChI=1S/C25H29N3O5S/c1-32-23-9-8-18(14-24(23)33-2)22-15-20(19-6-4-5-7-21(19)27-22)25(29)26-16-17-10-12-28(13-11-17)34(3,30)31/h4-9,14-15,17H,10-13,16H2,1-3H3,(H,26,29). The van der Waals surface area contributed by atoms with Crippen molar-refractivity contribution in [1.29, 1.82) is 0 Å². The van der Waals surface area contributed by atoms with Gasteiger partial charge in [-0.15, -0.1) is 0 Å². The van der Waals surface area contributed by atoms with Crippen LogP contribution in [0.25, 0.3) is 22.2 Å². The molecule has 180 valence electrons. The van der Waals surface area contributed by atoms with Gasteiger partial charge >= 0.3 is 0 Å². The van der Waals surface area contributed by atoms with Crippen LogP contribution in [-0.4, -0.2) is 63.7 Å². The van der Waals surface area contributed by atoms with E-state index in [2.05, 4.69) is 5.32 Å². The third-order valence-electron chi connectivity index (χ3n) is 6.23. The van der Waals surface area contributed by atoms with E-state index in [4.69, 9.17) is 14.5 Å². The van der Waals surface area contributed by atoms with Gasteiger partial charge in [0.2, 0.25) is 10.0 Å². The van der Waals surface area contributed by atoms with Crippen LogP contribution < -0.4 is 14.8 Å². The Morgan fingerprint density at radius 3 is 2.44 bits per heavy atom. The Bertz CT molecular complexity index is 1300. The molecule has 1 saturated heterocycles. The molecule has 0 aliphatic carbocycles. The summed E-state index contributed by atoms with van der Waals surface area (Å²) in [6, 6.07) is 14.9. The second kappa shape index (κ2) is 9.99. The molecular formula is C25H29N3O5S. The predicted octanol–water partition coefficient (Wildman–Crippen LogP) is 3.32. The molecule has 1 aliphatic heterocycles. The number of amides is 1. The molecule has 0 radical (unpaired) electrons. The van der Waals surface area contributed by atoms with Crippen molar-refractivity contribution >= 4 is 26.8 Å². The molecule has 1 aromatic heterocycles. The molecule has 0 unspecified atom stereocenters. The SMILES string of the molecule is COc1ccc(-c2cc(C(=O)NCC3CCN(S(C)(=O)=O)CC3)c3ccccc3n2)cc1OC. The van der Waals surface area contributed by atoms with Crippen LogP contribution in [-0.2, 0) is 10.0 Å². The van der Waals surface area contributed by atoms with Crippen LogP contribution in [0.4, 0.5) is 0 Å². The number of sulfonamides is 1. The van der Waals surface area contributed by atoms with E-state index in [1.165, 1.54) is 10.6 Å². The Kier molecular flexibility index (Phi) is 7.04. The van der Waals surface area contributed by atoms with Crippen molar-refractivity contribution in [2.75, 3.05) is 40.1 Å². The maximum absolute atomic E-state index is 13.2. The molecule has 3 aromatic rings. The molecular weight excluding hydrogens is 454 g/mol. The number of fused-ring (bicyclic) bond motifs is 1. The molecule has 34 heavy (non-hydrogen) atoms. The van der Waals surface area contributed by atoms with Crippen molar-refractivity contribution in [2.24, 2.45) is 5.92 Å². The van der Waals surface area contributed by atoms with Crippen molar-refractivity contribution in [2.45, 2.75) is 12.8 Å².